The molecule has 0 radical (unpaired) electrons. The number of nitrogens with two attached hydrogens (primary N) is 1. The van der Waals surface area contributed by atoms with E-state index in [1.54, 1.807) is 13.8 Å². The number of carbonyl (C=O) groups excluding carboxylic acids is 4. The smallest absolute Gasteiger partial charge is 0.326 e. The van der Waals surface area contributed by atoms with Gasteiger partial charge in [0.25, 0.3) is 0 Å². The fraction of sp³-hybridized carbons (Fsp3) is 0.591. The summed E-state index contributed by atoms with van der Waals surface area (Å²) in [6.45, 7) is 3.79. The first-order valence-electron chi connectivity index (χ1n) is 11.8. The zero-order valence-corrected chi connectivity index (χ0v) is 21.3. The van der Waals surface area contributed by atoms with Crippen molar-refractivity contribution in [2.24, 2.45) is 11.7 Å². The van der Waals surface area contributed by atoms with Crippen LogP contribution in [0.15, 0.2) is 12.5 Å². The van der Waals surface area contributed by atoms with E-state index in [0.717, 1.165) is 0 Å². The minimum absolute atomic E-state index is 0.191. The van der Waals surface area contributed by atoms with Crippen molar-refractivity contribution < 1.29 is 44.1 Å². The van der Waals surface area contributed by atoms with Crippen molar-refractivity contribution in [3.05, 3.63) is 18.2 Å². The zero-order valence-electron chi connectivity index (χ0n) is 21.3. The second kappa shape index (κ2) is 15.3. The summed E-state index contributed by atoms with van der Waals surface area (Å²) in [6.07, 6.45) is 1.60. The van der Waals surface area contributed by atoms with Crippen LogP contribution in [0.4, 0.5) is 0 Å². The lowest BCUT2D eigenvalue weighted by Gasteiger charge is -2.26. The molecular weight excluding hydrogens is 506 g/mol. The highest BCUT2D eigenvalue weighted by atomic mass is 16.4. The topological polar surface area (TPSA) is 266 Å². The van der Waals surface area contributed by atoms with E-state index in [4.69, 9.17) is 10.8 Å². The predicted octanol–water partition coefficient (Wildman–Crippen LogP) is -3.16. The van der Waals surface area contributed by atoms with Crippen LogP contribution in [0.2, 0.25) is 0 Å². The average Bonchev–Trinajstić information content (AvgIpc) is 3.35. The van der Waals surface area contributed by atoms with Gasteiger partial charge in [0.05, 0.1) is 24.7 Å². The molecule has 0 aromatic carbocycles. The third-order valence-corrected chi connectivity index (χ3v) is 5.34. The number of aliphatic hydroxyl groups excluding tert-OH is 1. The van der Waals surface area contributed by atoms with Crippen molar-refractivity contribution in [2.45, 2.75) is 70.2 Å². The normalized spacial score (nSPS) is 14.9. The second-order valence-electron chi connectivity index (χ2n) is 8.92. The number of rotatable bonds is 16. The molecule has 212 valence electrons. The molecule has 0 aliphatic heterocycles. The Morgan fingerprint density at radius 3 is 1.95 bits per heavy atom. The second-order valence-corrected chi connectivity index (χ2v) is 8.92. The number of carbonyl (C=O) groups is 6. The fourth-order valence-electron chi connectivity index (χ4n) is 3.17. The Morgan fingerprint density at radius 2 is 1.47 bits per heavy atom. The highest BCUT2D eigenvalue weighted by molar-refractivity contribution is 5.95. The standard InChI is InChI=1S/C22H35N7O9/c1-10(2)17(29-18(33)11(3)23)21(36)28-15(8-30)20(35)26-13(4-5-16(31)32)19(34)27-14(22(37)38)6-12-7-24-9-25-12/h7,9-11,13-15,17,30H,4-6,8,23H2,1-3H3,(H,24,25)(H,26,35)(H,27,34)(H,28,36)(H,29,33)(H,31,32)(H,37,38)/t11-,13-,14-,15-,17-/m0/s1. The molecule has 0 aliphatic carbocycles. The van der Waals surface area contributed by atoms with Gasteiger partial charge in [0.1, 0.15) is 24.2 Å². The van der Waals surface area contributed by atoms with Crippen molar-refractivity contribution in [3.63, 3.8) is 0 Å². The third kappa shape index (κ3) is 10.5. The Labute approximate surface area is 218 Å². The highest BCUT2D eigenvalue weighted by Gasteiger charge is 2.32. The third-order valence-electron chi connectivity index (χ3n) is 5.34. The van der Waals surface area contributed by atoms with Crippen molar-refractivity contribution >= 4 is 35.6 Å². The first-order chi connectivity index (χ1) is 17.8. The Hall–Kier alpha value is -4.05. The first-order valence-corrected chi connectivity index (χ1v) is 11.8. The van der Waals surface area contributed by atoms with E-state index in [1.807, 2.05) is 0 Å². The zero-order chi connectivity index (χ0) is 29.0. The van der Waals surface area contributed by atoms with Gasteiger partial charge in [-0.1, -0.05) is 13.8 Å². The monoisotopic (exact) mass is 541 g/mol. The molecule has 0 fully saturated rings. The number of aromatic amines is 1. The Bertz CT molecular complexity index is 982. The van der Waals surface area contributed by atoms with Gasteiger partial charge in [-0.25, -0.2) is 9.78 Å². The van der Waals surface area contributed by atoms with E-state index in [-0.39, 0.29) is 6.42 Å². The molecule has 16 nitrogen and oxygen atoms in total. The van der Waals surface area contributed by atoms with Gasteiger partial charge in [-0.15, -0.1) is 0 Å². The molecule has 1 heterocycles. The van der Waals surface area contributed by atoms with Crippen LogP contribution in [-0.4, -0.2) is 97.7 Å². The molecule has 5 atom stereocenters. The summed E-state index contributed by atoms with van der Waals surface area (Å²) in [5.74, 6) is -6.53. The Kier molecular flexibility index (Phi) is 12.8. The van der Waals surface area contributed by atoms with Gasteiger partial charge < -0.3 is 47.3 Å². The molecule has 4 amide bonds. The van der Waals surface area contributed by atoms with E-state index in [0.29, 0.717) is 5.69 Å². The minimum Gasteiger partial charge on any atom is -0.481 e. The largest absolute Gasteiger partial charge is 0.481 e. The average molecular weight is 542 g/mol. The summed E-state index contributed by atoms with van der Waals surface area (Å²) in [5, 5.41) is 37.4. The molecule has 1 aromatic rings. The molecule has 1 aromatic heterocycles. The molecular formula is C22H35N7O9. The van der Waals surface area contributed by atoms with Gasteiger partial charge >= 0.3 is 11.9 Å². The quantitative estimate of drug-likeness (QED) is 0.101. The van der Waals surface area contributed by atoms with Crippen molar-refractivity contribution in [1.82, 2.24) is 31.2 Å². The van der Waals surface area contributed by atoms with Gasteiger partial charge in [0.15, 0.2) is 0 Å². The van der Waals surface area contributed by atoms with Crippen molar-refractivity contribution in [2.75, 3.05) is 6.61 Å². The maximum Gasteiger partial charge on any atom is 0.326 e. The molecule has 10 N–H and O–H groups in total. The van der Waals surface area contributed by atoms with Crippen LogP contribution < -0.4 is 27.0 Å². The Balaban J connectivity index is 2.99. The summed E-state index contributed by atoms with van der Waals surface area (Å²) in [7, 11) is 0. The number of aliphatic carboxylic acids is 2. The van der Waals surface area contributed by atoms with E-state index in [2.05, 4.69) is 31.2 Å². The number of hydrogen-bond acceptors (Lipinski definition) is 9. The lowest BCUT2D eigenvalue weighted by Crippen LogP contribution is -2.60. The number of nitrogens with one attached hydrogen (secondary N) is 5. The van der Waals surface area contributed by atoms with E-state index in [1.165, 1.54) is 19.4 Å². The maximum absolute atomic E-state index is 12.8. The highest BCUT2D eigenvalue weighted by Crippen LogP contribution is 2.06. The lowest BCUT2D eigenvalue weighted by atomic mass is 10.0. The van der Waals surface area contributed by atoms with E-state index >= 15 is 0 Å². The van der Waals surface area contributed by atoms with Crippen LogP contribution in [0, 0.1) is 5.92 Å². The molecule has 0 spiro atoms. The van der Waals surface area contributed by atoms with Crippen LogP contribution in [0.25, 0.3) is 0 Å². The first kappa shape index (κ1) is 32.0. The number of H-pyrrole nitrogens is 1. The molecule has 0 saturated heterocycles. The number of imidazole rings is 1. The number of carboxylic acid groups (broad SMARTS) is 2. The number of hydrogen-bond donors (Lipinski definition) is 9. The Morgan fingerprint density at radius 1 is 0.895 bits per heavy atom. The molecule has 1 rings (SSSR count). The number of carboxylic acids is 2. The fourth-order valence-corrected chi connectivity index (χ4v) is 3.17. The van der Waals surface area contributed by atoms with Crippen LogP contribution in [0.3, 0.4) is 0 Å². The predicted molar refractivity (Wildman–Crippen MR) is 130 cm³/mol. The van der Waals surface area contributed by atoms with Crippen LogP contribution in [0.1, 0.15) is 39.3 Å². The molecule has 0 aliphatic rings. The maximum atomic E-state index is 12.8. The molecule has 0 bridgehead atoms. The molecule has 16 heteroatoms. The van der Waals surface area contributed by atoms with Crippen molar-refractivity contribution in [1.29, 1.82) is 0 Å². The lowest BCUT2D eigenvalue weighted by molar-refractivity contribution is -0.143. The van der Waals surface area contributed by atoms with Crippen molar-refractivity contribution in [3.8, 4) is 0 Å². The number of amides is 4. The molecule has 38 heavy (non-hydrogen) atoms. The van der Waals surface area contributed by atoms with E-state index in [9.17, 15) is 39.0 Å². The summed E-state index contributed by atoms with van der Waals surface area (Å²) in [5.41, 5.74) is 5.85. The summed E-state index contributed by atoms with van der Waals surface area (Å²) in [6, 6.07) is -6.53. The number of aliphatic hydroxyl groups is 1. The van der Waals surface area contributed by atoms with Gasteiger partial charge in [0.2, 0.25) is 23.6 Å². The summed E-state index contributed by atoms with van der Waals surface area (Å²) < 4.78 is 0. The van der Waals surface area contributed by atoms with Gasteiger partial charge in [-0.2, -0.15) is 0 Å². The minimum atomic E-state index is -1.57. The number of aromatic nitrogens is 2. The van der Waals surface area contributed by atoms with Gasteiger partial charge in [-0.3, -0.25) is 24.0 Å². The summed E-state index contributed by atoms with van der Waals surface area (Å²) >= 11 is 0. The van der Waals surface area contributed by atoms with Crippen LogP contribution in [-0.2, 0) is 35.2 Å². The van der Waals surface area contributed by atoms with Gasteiger partial charge in [0, 0.05) is 19.0 Å². The molecule has 0 saturated carbocycles. The van der Waals surface area contributed by atoms with Crippen LogP contribution >= 0.6 is 0 Å². The van der Waals surface area contributed by atoms with E-state index < -0.39 is 91.1 Å². The SMILES string of the molecule is CC(C)[C@H](NC(=O)[C@H](C)N)C(=O)N[C@@H](CO)C(=O)N[C@@H](CCC(=O)O)C(=O)N[C@@H](Cc1c[nH]cn1)C(=O)O. The number of nitrogens with zero attached hydrogens (tertiary/aromatic N) is 1. The summed E-state index contributed by atoms with van der Waals surface area (Å²) in [4.78, 5) is 79.6. The van der Waals surface area contributed by atoms with Gasteiger partial charge in [-0.05, 0) is 19.3 Å². The van der Waals surface area contributed by atoms with Crippen LogP contribution in [0.5, 0.6) is 0 Å². The molecule has 0 unspecified atom stereocenters.